The van der Waals surface area contributed by atoms with E-state index in [1.165, 1.54) is 6.07 Å². The molecule has 26 heavy (non-hydrogen) atoms. The second-order valence-corrected chi connectivity index (χ2v) is 7.64. The maximum atomic E-state index is 13.2. The standard InChI is InChI=1S/C18H23F3N3O2/c1-17(2,3)15-10-23(6-7-24(15)11-25)9-12-4-5-13(16(22)26)14(8-12)18(19,20)21/h4-5,8,15H,6-7,9-10H2,1-3H3,(H2,22,26). The van der Waals surface area contributed by atoms with Crippen LogP contribution < -0.4 is 5.73 Å². The van der Waals surface area contributed by atoms with Crippen LogP contribution in [0.4, 0.5) is 13.2 Å². The Morgan fingerprint density at radius 1 is 1.27 bits per heavy atom. The number of alkyl halides is 3. The number of piperazine rings is 1. The number of hydrogen-bond acceptors (Lipinski definition) is 3. The first-order valence-corrected chi connectivity index (χ1v) is 8.30. The van der Waals surface area contributed by atoms with E-state index in [-0.39, 0.29) is 11.5 Å². The van der Waals surface area contributed by atoms with Gasteiger partial charge in [0.15, 0.2) is 0 Å². The van der Waals surface area contributed by atoms with E-state index in [0.717, 1.165) is 12.1 Å². The van der Waals surface area contributed by atoms with Gasteiger partial charge in [-0.1, -0.05) is 26.8 Å². The van der Waals surface area contributed by atoms with Gasteiger partial charge in [0.05, 0.1) is 11.1 Å². The Morgan fingerprint density at radius 2 is 1.92 bits per heavy atom. The Morgan fingerprint density at radius 3 is 2.42 bits per heavy atom. The van der Waals surface area contributed by atoms with Crippen molar-refractivity contribution >= 4 is 12.3 Å². The summed E-state index contributed by atoms with van der Waals surface area (Å²) in [7, 11) is 0. The van der Waals surface area contributed by atoms with E-state index < -0.39 is 23.2 Å². The smallest absolute Gasteiger partial charge is 0.366 e. The maximum absolute atomic E-state index is 13.2. The molecular formula is C18H23F3N3O2. The SMILES string of the molecule is CC(C)(C)C1CN(Cc2ccc(C(N)=O)c(C(F)(F)F)c2)CCN1[C]=O. The van der Waals surface area contributed by atoms with Crippen molar-refractivity contribution in [2.75, 3.05) is 19.6 Å². The van der Waals surface area contributed by atoms with Crippen LogP contribution in [0.2, 0.25) is 0 Å². The van der Waals surface area contributed by atoms with E-state index in [1.54, 1.807) is 4.90 Å². The molecule has 1 aromatic carbocycles. The summed E-state index contributed by atoms with van der Waals surface area (Å²) in [6.45, 7) is 7.87. The van der Waals surface area contributed by atoms with Crippen LogP contribution in [-0.4, -0.2) is 47.8 Å². The Bertz CT molecular complexity index is 683. The van der Waals surface area contributed by atoms with E-state index in [0.29, 0.717) is 31.7 Å². The predicted molar refractivity (Wildman–Crippen MR) is 90.9 cm³/mol. The van der Waals surface area contributed by atoms with Gasteiger partial charge in [0.2, 0.25) is 5.91 Å². The summed E-state index contributed by atoms with van der Waals surface area (Å²) >= 11 is 0. The van der Waals surface area contributed by atoms with E-state index >= 15 is 0 Å². The summed E-state index contributed by atoms with van der Waals surface area (Å²) in [6, 6.07) is 3.50. The lowest BCUT2D eigenvalue weighted by Gasteiger charge is -2.45. The molecule has 0 spiro atoms. The zero-order chi connectivity index (χ0) is 19.7. The minimum absolute atomic E-state index is 0.0827. The second kappa shape index (κ2) is 7.26. The number of carbonyl (C=O) groups excluding carboxylic acids is 2. The fourth-order valence-electron chi connectivity index (χ4n) is 3.23. The molecule has 2 N–H and O–H groups in total. The van der Waals surface area contributed by atoms with Gasteiger partial charge in [-0.2, -0.15) is 13.2 Å². The number of benzene rings is 1. The molecule has 1 aliphatic rings. The van der Waals surface area contributed by atoms with Gasteiger partial charge >= 0.3 is 12.6 Å². The average molecular weight is 370 g/mol. The molecule has 1 unspecified atom stereocenters. The molecule has 8 heteroatoms. The lowest BCUT2D eigenvalue weighted by atomic mass is 9.84. The van der Waals surface area contributed by atoms with Gasteiger partial charge in [0.25, 0.3) is 0 Å². The van der Waals surface area contributed by atoms with Crippen molar-refractivity contribution < 1.29 is 22.8 Å². The average Bonchev–Trinajstić information content (AvgIpc) is 2.53. The van der Waals surface area contributed by atoms with Gasteiger partial charge in [-0.15, -0.1) is 0 Å². The van der Waals surface area contributed by atoms with Crippen LogP contribution in [0, 0.1) is 5.41 Å². The Hall–Kier alpha value is -2.09. The van der Waals surface area contributed by atoms with E-state index in [1.807, 2.05) is 32.1 Å². The van der Waals surface area contributed by atoms with Gasteiger partial charge in [-0.25, -0.2) is 0 Å². The maximum Gasteiger partial charge on any atom is 0.417 e. The van der Waals surface area contributed by atoms with Gasteiger partial charge in [0.1, 0.15) is 0 Å². The summed E-state index contributed by atoms with van der Waals surface area (Å²) < 4.78 is 39.6. The van der Waals surface area contributed by atoms with Crippen molar-refractivity contribution in [2.24, 2.45) is 11.1 Å². The first kappa shape index (κ1) is 20.2. The summed E-state index contributed by atoms with van der Waals surface area (Å²) in [4.78, 5) is 26.0. The fourth-order valence-corrected chi connectivity index (χ4v) is 3.23. The second-order valence-electron chi connectivity index (χ2n) is 7.64. The Balaban J connectivity index is 2.23. The molecule has 0 aromatic heterocycles. The third kappa shape index (κ3) is 4.55. The van der Waals surface area contributed by atoms with Crippen LogP contribution >= 0.6 is 0 Å². The minimum atomic E-state index is -4.65. The number of rotatable bonds is 4. The highest BCUT2D eigenvalue weighted by molar-refractivity contribution is 5.94. The summed E-state index contributed by atoms with van der Waals surface area (Å²) in [5, 5.41) is 0. The van der Waals surface area contributed by atoms with Gasteiger partial charge in [-0.3, -0.25) is 14.5 Å². The van der Waals surface area contributed by atoms with Crippen LogP contribution in [0.1, 0.15) is 42.3 Å². The summed E-state index contributed by atoms with van der Waals surface area (Å²) in [5.41, 5.74) is 3.76. The number of nitrogens with two attached hydrogens (primary N) is 1. The van der Waals surface area contributed by atoms with E-state index in [4.69, 9.17) is 5.73 Å². The topological polar surface area (TPSA) is 66.6 Å². The molecule has 0 bridgehead atoms. The number of nitrogens with zero attached hydrogens (tertiary/aromatic N) is 2. The molecule has 5 nitrogen and oxygen atoms in total. The molecule has 1 aliphatic heterocycles. The predicted octanol–water partition coefficient (Wildman–Crippen LogP) is 2.40. The highest BCUT2D eigenvalue weighted by Gasteiger charge is 2.37. The third-order valence-electron chi connectivity index (χ3n) is 4.64. The molecule has 0 saturated carbocycles. The highest BCUT2D eigenvalue weighted by Crippen LogP contribution is 2.33. The molecule has 1 saturated heterocycles. The number of hydrogen-bond donors (Lipinski definition) is 1. The summed E-state index contributed by atoms with van der Waals surface area (Å²) in [6.07, 6.45) is -2.70. The third-order valence-corrected chi connectivity index (χ3v) is 4.64. The monoisotopic (exact) mass is 370 g/mol. The van der Waals surface area contributed by atoms with Crippen molar-refractivity contribution in [3.8, 4) is 0 Å². The lowest BCUT2D eigenvalue weighted by Crippen LogP contribution is -2.57. The van der Waals surface area contributed by atoms with Crippen molar-refractivity contribution in [1.82, 2.24) is 9.80 Å². The van der Waals surface area contributed by atoms with Gasteiger partial charge in [-0.05, 0) is 23.1 Å². The molecule has 1 fully saturated rings. The zero-order valence-corrected chi connectivity index (χ0v) is 15.1. The number of primary amides is 1. The van der Waals surface area contributed by atoms with Gasteiger partial charge in [0, 0.05) is 32.2 Å². The first-order valence-electron chi connectivity index (χ1n) is 8.30. The Labute approximate surface area is 150 Å². The number of halogens is 3. The normalized spacial score (nSPS) is 19.5. The van der Waals surface area contributed by atoms with Crippen molar-refractivity contribution in [3.63, 3.8) is 0 Å². The quantitative estimate of drug-likeness (QED) is 0.885. The minimum Gasteiger partial charge on any atom is -0.366 e. The van der Waals surface area contributed by atoms with Crippen LogP contribution in [0.15, 0.2) is 18.2 Å². The molecule has 0 aliphatic carbocycles. The summed E-state index contributed by atoms with van der Waals surface area (Å²) in [5.74, 6) is -1.10. The molecule has 1 atom stereocenters. The molecule has 1 heterocycles. The van der Waals surface area contributed by atoms with E-state index in [2.05, 4.69) is 0 Å². The Kier molecular flexibility index (Phi) is 5.65. The van der Waals surface area contributed by atoms with Gasteiger partial charge < -0.3 is 10.6 Å². The van der Waals surface area contributed by atoms with Crippen molar-refractivity contribution in [1.29, 1.82) is 0 Å². The molecule has 1 aromatic rings. The van der Waals surface area contributed by atoms with Crippen molar-refractivity contribution in [2.45, 2.75) is 39.5 Å². The molecule has 143 valence electrons. The lowest BCUT2D eigenvalue weighted by molar-refractivity contribution is -0.138. The highest BCUT2D eigenvalue weighted by atomic mass is 19.4. The fraction of sp³-hybridized carbons (Fsp3) is 0.556. The largest absolute Gasteiger partial charge is 0.417 e. The molecule has 1 radical (unpaired) electrons. The number of amides is 2. The van der Waals surface area contributed by atoms with Crippen LogP contribution in [0.5, 0.6) is 0 Å². The zero-order valence-electron chi connectivity index (χ0n) is 15.1. The van der Waals surface area contributed by atoms with Crippen LogP contribution in [0.25, 0.3) is 0 Å². The molecule has 2 amide bonds. The number of carbonyl (C=O) groups is 1. The van der Waals surface area contributed by atoms with Crippen molar-refractivity contribution in [3.05, 3.63) is 34.9 Å². The molecule has 2 rings (SSSR count). The van der Waals surface area contributed by atoms with Crippen LogP contribution in [-0.2, 0) is 17.5 Å². The first-order chi connectivity index (χ1) is 11.9. The molecular weight excluding hydrogens is 347 g/mol. The van der Waals surface area contributed by atoms with Crippen LogP contribution in [0.3, 0.4) is 0 Å². The van der Waals surface area contributed by atoms with E-state index in [9.17, 15) is 22.8 Å².